The van der Waals surface area contributed by atoms with Crippen LogP contribution < -0.4 is 10.1 Å². The molecule has 0 aliphatic heterocycles. The molecule has 4 nitrogen and oxygen atoms in total. The van der Waals surface area contributed by atoms with Gasteiger partial charge in [0.15, 0.2) is 0 Å². The minimum Gasteiger partial charge on any atom is -0.475 e. The minimum atomic E-state index is 0.0797. The van der Waals surface area contributed by atoms with Gasteiger partial charge in [0, 0.05) is 30.5 Å². The van der Waals surface area contributed by atoms with Crippen molar-refractivity contribution in [2.45, 2.75) is 52.6 Å². The lowest BCUT2D eigenvalue weighted by atomic mass is 10.1. The van der Waals surface area contributed by atoms with Gasteiger partial charge in [0.05, 0.1) is 6.61 Å². The molecule has 1 heterocycles. The van der Waals surface area contributed by atoms with Gasteiger partial charge in [-0.15, -0.1) is 0 Å². The zero-order valence-corrected chi connectivity index (χ0v) is 13.2. The van der Waals surface area contributed by atoms with Gasteiger partial charge in [0.2, 0.25) is 5.88 Å². The predicted octanol–water partition coefficient (Wildman–Crippen LogP) is 3.17. The molecule has 0 aliphatic carbocycles. The second-order valence-electron chi connectivity index (χ2n) is 5.89. The van der Waals surface area contributed by atoms with Gasteiger partial charge in [-0.2, -0.15) is 0 Å². The molecule has 0 saturated carbocycles. The van der Waals surface area contributed by atoms with Gasteiger partial charge in [0.1, 0.15) is 6.61 Å². The van der Waals surface area contributed by atoms with E-state index in [4.69, 9.17) is 9.47 Å². The van der Waals surface area contributed by atoms with Crippen LogP contribution in [0.5, 0.6) is 5.88 Å². The van der Waals surface area contributed by atoms with Crippen LogP contribution in [0.4, 0.5) is 0 Å². The van der Waals surface area contributed by atoms with E-state index in [1.54, 1.807) is 6.20 Å². The highest BCUT2D eigenvalue weighted by Crippen LogP contribution is 2.15. The summed E-state index contributed by atoms with van der Waals surface area (Å²) >= 11 is 0. The first-order valence-corrected chi connectivity index (χ1v) is 7.42. The molecule has 1 rings (SSSR count). The molecule has 1 aromatic rings. The summed E-state index contributed by atoms with van der Waals surface area (Å²) in [6, 6.07) is 3.98. The molecule has 0 aliphatic rings. The van der Waals surface area contributed by atoms with Crippen LogP contribution in [0.25, 0.3) is 0 Å². The van der Waals surface area contributed by atoms with Crippen LogP contribution in [0.15, 0.2) is 18.3 Å². The van der Waals surface area contributed by atoms with E-state index in [1.165, 1.54) is 0 Å². The van der Waals surface area contributed by atoms with Crippen LogP contribution in [0, 0.1) is 0 Å². The van der Waals surface area contributed by atoms with Crippen LogP contribution in [0.1, 0.15) is 46.1 Å². The molecular formula is C16H28N2O2. The van der Waals surface area contributed by atoms with E-state index in [9.17, 15) is 0 Å². The summed E-state index contributed by atoms with van der Waals surface area (Å²) in [5.41, 5.74) is 1.16. The monoisotopic (exact) mass is 280 g/mol. The highest BCUT2D eigenvalue weighted by molar-refractivity contribution is 5.25. The molecule has 0 atom stereocenters. The molecule has 1 aromatic heterocycles. The number of hydrogen-bond donors (Lipinski definition) is 1. The number of unbranched alkanes of at least 4 members (excludes halogenated alkanes) is 1. The van der Waals surface area contributed by atoms with E-state index in [1.807, 2.05) is 12.1 Å². The van der Waals surface area contributed by atoms with Crippen LogP contribution in [0.3, 0.4) is 0 Å². The summed E-state index contributed by atoms with van der Waals surface area (Å²) in [4.78, 5) is 4.30. The molecule has 0 aromatic carbocycles. The molecule has 0 radical (unpaired) electrons. The van der Waals surface area contributed by atoms with Crippen molar-refractivity contribution in [3.8, 4) is 5.88 Å². The Bertz CT molecular complexity index is 375. The minimum absolute atomic E-state index is 0.0797. The lowest BCUT2D eigenvalue weighted by molar-refractivity contribution is 0.0960. The van der Waals surface area contributed by atoms with Crippen molar-refractivity contribution in [3.63, 3.8) is 0 Å². The third-order valence-corrected chi connectivity index (χ3v) is 2.77. The Morgan fingerprint density at radius 3 is 2.70 bits per heavy atom. The van der Waals surface area contributed by atoms with Crippen molar-refractivity contribution in [2.75, 3.05) is 19.8 Å². The lowest BCUT2D eigenvalue weighted by Gasteiger charge is -2.21. The van der Waals surface area contributed by atoms with Gasteiger partial charge < -0.3 is 14.8 Å². The zero-order valence-electron chi connectivity index (χ0n) is 13.2. The number of rotatable bonds is 9. The summed E-state index contributed by atoms with van der Waals surface area (Å²) in [5.74, 6) is 0.698. The van der Waals surface area contributed by atoms with Gasteiger partial charge in [-0.3, -0.25) is 0 Å². The second-order valence-corrected chi connectivity index (χ2v) is 5.89. The Balaban J connectivity index is 2.37. The Morgan fingerprint density at radius 1 is 1.20 bits per heavy atom. The third kappa shape index (κ3) is 7.46. The van der Waals surface area contributed by atoms with Gasteiger partial charge in [-0.1, -0.05) is 19.4 Å². The van der Waals surface area contributed by atoms with Crippen molar-refractivity contribution in [1.29, 1.82) is 0 Å². The first-order chi connectivity index (χ1) is 9.53. The quantitative estimate of drug-likeness (QED) is 0.706. The first kappa shape index (κ1) is 16.9. The van der Waals surface area contributed by atoms with Crippen LogP contribution in [0.2, 0.25) is 0 Å². The fourth-order valence-electron chi connectivity index (χ4n) is 1.59. The number of pyridine rings is 1. The van der Waals surface area contributed by atoms with Crippen LogP contribution in [-0.4, -0.2) is 30.3 Å². The molecule has 4 heteroatoms. The second kappa shape index (κ2) is 8.93. The standard InChI is InChI=1S/C16H28N2O2/c1-5-6-10-19-11-12-20-15-14(8-7-9-17-15)13-18-16(2,3)4/h7-9,18H,5-6,10-13H2,1-4H3. The van der Waals surface area contributed by atoms with E-state index < -0.39 is 0 Å². The van der Waals surface area contributed by atoms with E-state index in [0.717, 1.165) is 31.6 Å². The first-order valence-electron chi connectivity index (χ1n) is 7.42. The predicted molar refractivity (Wildman–Crippen MR) is 82.1 cm³/mol. The molecule has 1 N–H and O–H groups in total. The number of aromatic nitrogens is 1. The number of nitrogens with zero attached hydrogens (tertiary/aromatic N) is 1. The molecule has 0 saturated heterocycles. The zero-order chi connectivity index (χ0) is 14.8. The average Bonchev–Trinajstić information content (AvgIpc) is 2.40. The highest BCUT2D eigenvalue weighted by Gasteiger charge is 2.11. The fraction of sp³-hybridized carbons (Fsp3) is 0.688. The van der Waals surface area contributed by atoms with E-state index in [-0.39, 0.29) is 5.54 Å². The third-order valence-electron chi connectivity index (χ3n) is 2.77. The van der Waals surface area contributed by atoms with Gasteiger partial charge >= 0.3 is 0 Å². The Morgan fingerprint density at radius 2 is 2.00 bits per heavy atom. The van der Waals surface area contributed by atoms with Crippen LogP contribution >= 0.6 is 0 Å². The van der Waals surface area contributed by atoms with Gasteiger partial charge in [-0.05, 0) is 33.3 Å². The number of hydrogen-bond acceptors (Lipinski definition) is 4. The van der Waals surface area contributed by atoms with Crippen molar-refractivity contribution in [3.05, 3.63) is 23.9 Å². The molecule has 20 heavy (non-hydrogen) atoms. The van der Waals surface area contributed by atoms with Crippen molar-refractivity contribution in [2.24, 2.45) is 0 Å². The number of nitrogens with one attached hydrogen (secondary N) is 1. The fourth-order valence-corrected chi connectivity index (χ4v) is 1.59. The molecular weight excluding hydrogens is 252 g/mol. The lowest BCUT2D eigenvalue weighted by Crippen LogP contribution is -2.35. The summed E-state index contributed by atoms with van der Waals surface area (Å²) in [5, 5.41) is 3.45. The van der Waals surface area contributed by atoms with Gasteiger partial charge in [-0.25, -0.2) is 4.98 Å². The number of ether oxygens (including phenoxy) is 2. The summed E-state index contributed by atoms with van der Waals surface area (Å²) in [7, 11) is 0. The normalized spacial score (nSPS) is 11.6. The average molecular weight is 280 g/mol. The topological polar surface area (TPSA) is 43.4 Å². The smallest absolute Gasteiger partial charge is 0.217 e. The molecule has 114 valence electrons. The van der Waals surface area contributed by atoms with Crippen molar-refractivity contribution in [1.82, 2.24) is 10.3 Å². The SMILES string of the molecule is CCCCOCCOc1ncccc1CNC(C)(C)C. The summed E-state index contributed by atoms with van der Waals surface area (Å²) in [6.07, 6.45) is 4.02. The molecule has 0 spiro atoms. The molecule has 0 amide bonds. The largest absolute Gasteiger partial charge is 0.475 e. The van der Waals surface area contributed by atoms with E-state index in [2.05, 4.69) is 38.0 Å². The summed E-state index contributed by atoms with van der Waals surface area (Å²) in [6.45, 7) is 11.3. The van der Waals surface area contributed by atoms with Crippen LogP contribution in [-0.2, 0) is 11.3 Å². The maximum absolute atomic E-state index is 5.71. The van der Waals surface area contributed by atoms with E-state index in [0.29, 0.717) is 19.1 Å². The highest BCUT2D eigenvalue weighted by atomic mass is 16.5. The Kier molecular flexibility index (Phi) is 7.55. The maximum atomic E-state index is 5.71. The van der Waals surface area contributed by atoms with Crippen molar-refractivity contribution >= 4 is 0 Å². The van der Waals surface area contributed by atoms with Gasteiger partial charge in [0.25, 0.3) is 0 Å². The molecule has 0 bridgehead atoms. The van der Waals surface area contributed by atoms with E-state index >= 15 is 0 Å². The summed E-state index contributed by atoms with van der Waals surface area (Å²) < 4.78 is 11.2. The Hall–Kier alpha value is -1.13. The van der Waals surface area contributed by atoms with Crippen molar-refractivity contribution < 1.29 is 9.47 Å². The molecule has 0 unspecified atom stereocenters. The Labute approximate surface area is 122 Å². The molecule has 0 fully saturated rings. The maximum Gasteiger partial charge on any atom is 0.217 e.